The van der Waals surface area contributed by atoms with Crippen molar-refractivity contribution in [1.29, 1.82) is 0 Å². The smallest absolute Gasteiger partial charge is 0.416 e. The number of H-pyrrole nitrogens is 1. The summed E-state index contributed by atoms with van der Waals surface area (Å²) in [6, 6.07) is 7.14. The van der Waals surface area contributed by atoms with Gasteiger partial charge in [0.15, 0.2) is 0 Å². The van der Waals surface area contributed by atoms with Gasteiger partial charge in [0.25, 0.3) is 10.0 Å². The minimum atomic E-state index is -4.77. The average molecular weight is 582 g/mol. The van der Waals surface area contributed by atoms with Crippen LogP contribution in [-0.2, 0) is 25.7 Å². The fourth-order valence-electron chi connectivity index (χ4n) is 3.68. The molecule has 0 atom stereocenters. The van der Waals surface area contributed by atoms with Crippen LogP contribution in [0.3, 0.4) is 0 Å². The van der Waals surface area contributed by atoms with Gasteiger partial charge in [-0.25, -0.2) is 18.2 Å². The van der Waals surface area contributed by atoms with Crippen LogP contribution < -0.4 is 4.72 Å². The van der Waals surface area contributed by atoms with E-state index in [2.05, 4.69) is 24.7 Å². The predicted octanol–water partition coefficient (Wildman–Crippen LogP) is 4.64. The second-order valence-corrected chi connectivity index (χ2v) is 10.2. The van der Waals surface area contributed by atoms with Gasteiger partial charge in [-0.15, -0.1) is 0 Å². The normalized spacial score (nSPS) is 12.6. The number of anilines is 1. The zero-order valence-electron chi connectivity index (χ0n) is 20.0. The van der Waals surface area contributed by atoms with E-state index in [1.807, 2.05) is 0 Å². The number of ether oxygens (including phenoxy) is 1. The van der Waals surface area contributed by atoms with Crippen LogP contribution in [-0.4, -0.2) is 53.5 Å². The van der Waals surface area contributed by atoms with Crippen LogP contribution in [0.4, 0.5) is 18.9 Å². The lowest BCUT2D eigenvalue weighted by Crippen LogP contribution is -2.19. The Labute approximate surface area is 224 Å². The fourth-order valence-corrected chi connectivity index (χ4v) is 4.92. The van der Waals surface area contributed by atoms with E-state index < -0.39 is 46.0 Å². The minimum Gasteiger partial charge on any atom is -0.480 e. The van der Waals surface area contributed by atoms with Crippen LogP contribution in [0.25, 0.3) is 11.0 Å². The van der Waals surface area contributed by atoms with Gasteiger partial charge in [-0.3, -0.25) is 14.7 Å². The molecule has 0 aliphatic carbocycles. The maximum absolute atomic E-state index is 13.4. The molecule has 10 nitrogen and oxygen atoms in total. The zero-order chi connectivity index (χ0) is 28.4. The number of halogens is 4. The van der Waals surface area contributed by atoms with Crippen molar-refractivity contribution in [2.75, 3.05) is 18.1 Å². The SMILES string of the molecule is Cc1ccc(S(=O)(=O)Nc2cc(Cl)cnc2C(=NCOCC(=O)O)c2ccnc3[nH]ccc23)cc1C(F)(F)F. The van der Waals surface area contributed by atoms with E-state index in [1.165, 1.54) is 25.4 Å². The number of rotatable bonds is 9. The molecule has 0 saturated carbocycles. The third-order valence-corrected chi connectivity index (χ3v) is 6.97. The number of aliphatic carboxylic acids is 1. The third-order valence-electron chi connectivity index (χ3n) is 5.40. The number of aliphatic imine (C=N–C) groups is 1. The number of hydrogen-bond acceptors (Lipinski definition) is 7. The van der Waals surface area contributed by atoms with Gasteiger partial charge in [-0.2, -0.15) is 13.2 Å². The Morgan fingerprint density at radius 1 is 1.21 bits per heavy atom. The van der Waals surface area contributed by atoms with E-state index in [1.54, 1.807) is 18.3 Å². The van der Waals surface area contributed by atoms with Crippen molar-refractivity contribution in [2.24, 2.45) is 4.99 Å². The number of aromatic nitrogens is 3. The maximum Gasteiger partial charge on any atom is 0.416 e. The highest BCUT2D eigenvalue weighted by Crippen LogP contribution is 2.34. The second-order valence-electron chi connectivity index (χ2n) is 8.11. The van der Waals surface area contributed by atoms with Gasteiger partial charge in [0, 0.05) is 29.5 Å². The Morgan fingerprint density at radius 3 is 2.69 bits per heavy atom. The van der Waals surface area contributed by atoms with Gasteiger partial charge in [-0.05, 0) is 42.8 Å². The molecule has 0 amide bonds. The highest BCUT2D eigenvalue weighted by atomic mass is 35.5. The van der Waals surface area contributed by atoms with Crippen molar-refractivity contribution in [3.05, 3.63) is 82.4 Å². The number of nitrogens with one attached hydrogen (secondary N) is 2. The summed E-state index contributed by atoms with van der Waals surface area (Å²) in [4.78, 5) is 25.9. The highest BCUT2D eigenvalue weighted by Gasteiger charge is 2.34. The van der Waals surface area contributed by atoms with Crippen LogP contribution in [0.5, 0.6) is 0 Å². The number of carbonyl (C=O) groups is 1. The molecule has 204 valence electrons. The van der Waals surface area contributed by atoms with Crippen molar-refractivity contribution >= 4 is 50.0 Å². The molecule has 4 rings (SSSR count). The summed E-state index contributed by atoms with van der Waals surface area (Å²) < 4.78 is 74.1. The number of pyridine rings is 2. The van der Waals surface area contributed by atoms with Crippen molar-refractivity contribution in [3.8, 4) is 0 Å². The first-order valence-corrected chi connectivity index (χ1v) is 12.9. The molecule has 0 spiro atoms. The van der Waals surface area contributed by atoms with Crippen molar-refractivity contribution < 1.29 is 36.2 Å². The Morgan fingerprint density at radius 2 is 1.97 bits per heavy atom. The van der Waals surface area contributed by atoms with E-state index in [-0.39, 0.29) is 27.7 Å². The van der Waals surface area contributed by atoms with Gasteiger partial charge < -0.3 is 14.8 Å². The predicted molar refractivity (Wildman–Crippen MR) is 136 cm³/mol. The number of fused-ring (bicyclic) bond motifs is 1. The van der Waals surface area contributed by atoms with Gasteiger partial charge >= 0.3 is 12.1 Å². The monoisotopic (exact) mass is 581 g/mol. The molecular weight excluding hydrogens is 563 g/mol. The average Bonchev–Trinajstić information content (AvgIpc) is 3.33. The number of benzene rings is 1. The molecule has 0 aliphatic rings. The lowest BCUT2D eigenvalue weighted by atomic mass is 10.0. The molecule has 3 N–H and O–H groups in total. The third kappa shape index (κ3) is 6.35. The number of nitrogens with zero attached hydrogens (tertiary/aromatic N) is 3. The molecule has 0 bridgehead atoms. The van der Waals surface area contributed by atoms with Crippen molar-refractivity contribution in [1.82, 2.24) is 15.0 Å². The first-order valence-electron chi connectivity index (χ1n) is 11.0. The number of sulfonamides is 1. The van der Waals surface area contributed by atoms with Crippen molar-refractivity contribution in [2.45, 2.75) is 18.0 Å². The molecule has 0 saturated heterocycles. The molecule has 3 heterocycles. The quantitative estimate of drug-likeness (QED) is 0.193. The lowest BCUT2D eigenvalue weighted by molar-refractivity contribution is -0.142. The van der Waals surface area contributed by atoms with Crippen LogP contribution >= 0.6 is 11.6 Å². The molecule has 0 aliphatic heterocycles. The lowest BCUT2D eigenvalue weighted by Gasteiger charge is -2.16. The Balaban J connectivity index is 1.83. The van der Waals surface area contributed by atoms with Gasteiger partial charge in [-0.1, -0.05) is 17.7 Å². The minimum absolute atomic E-state index is 0.0272. The number of hydrogen-bond donors (Lipinski definition) is 3. The van der Waals surface area contributed by atoms with Crippen LogP contribution in [0.1, 0.15) is 22.4 Å². The largest absolute Gasteiger partial charge is 0.480 e. The van der Waals surface area contributed by atoms with E-state index in [4.69, 9.17) is 21.4 Å². The zero-order valence-corrected chi connectivity index (χ0v) is 21.5. The van der Waals surface area contributed by atoms with E-state index in [0.29, 0.717) is 22.7 Å². The molecule has 4 aromatic rings. The Hall–Kier alpha value is -4.01. The second kappa shape index (κ2) is 11.0. The van der Waals surface area contributed by atoms with E-state index in [9.17, 15) is 26.4 Å². The molecule has 15 heteroatoms. The van der Waals surface area contributed by atoms with Crippen LogP contribution in [0, 0.1) is 6.92 Å². The summed E-state index contributed by atoms with van der Waals surface area (Å²) in [6.07, 6.45) is -0.455. The number of carboxylic acid groups (broad SMARTS) is 1. The number of aryl methyl sites for hydroxylation is 1. The van der Waals surface area contributed by atoms with E-state index >= 15 is 0 Å². The van der Waals surface area contributed by atoms with Crippen LogP contribution in [0.2, 0.25) is 5.02 Å². The van der Waals surface area contributed by atoms with Crippen molar-refractivity contribution in [3.63, 3.8) is 0 Å². The summed E-state index contributed by atoms with van der Waals surface area (Å²) >= 11 is 6.10. The molecule has 0 fully saturated rings. The molecule has 1 aromatic carbocycles. The van der Waals surface area contributed by atoms with Gasteiger partial charge in [0.05, 0.1) is 26.9 Å². The first-order chi connectivity index (χ1) is 18.4. The van der Waals surface area contributed by atoms with Gasteiger partial charge in [0.1, 0.15) is 24.7 Å². The first kappa shape index (κ1) is 28.0. The van der Waals surface area contributed by atoms with Gasteiger partial charge in [0.2, 0.25) is 0 Å². The number of aromatic amines is 1. The standard InChI is InChI=1S/C24H19ClF3N5O5S/c1-13-2-3-15(9-18(13)24(26,27)28)39(36,37)33-19-8-14(25)10-31-22(19)21(32-12-38-11-20(34)35)16-4-6-29-23-17(16)5-7-30-23/h2-10,33H,11-12H2,1H3,(H,29,30)(H,34,35). The summed E-state index contributed by atoms with van der Waals surface area (Å²) in [5.74, 6) is -1.22. The highest BCUT2D eigenvalue weighted by molar-refractivity contribution is 7.92. The number of alkyl halides is 3. The summed E-state index contributed by atoms with van der Waals surface area (Å²) in [5.41, 5.74) is -0.475. The number of carboxylic acids is 1. The summed E-state index contributed by atoms with van der Waals surface area (Å²) in [5, 5.41) is 9.47. The molecule has 0 radical (unpaired) electrons. The molecule has 39 heavy (non-hydrogen) atoms. The topological polar surface area (TPSA) is 147 Å². The molecular formula is C24H19ClF3N5O5S. The Kier molecular flexibility index (Phi) is 7.90. The fraction of sp³-hybridized carbons (Fsp3) is 0.167. The summed E-state index contributed by atoms with van der Waals surface area (Å²) in [6.45, 7) is 0.145. The summed E-state index contributed by atoms with van der Waals surface area (Å²) in [7, 11) is -4.57. The van der Waals surface area contributed by atoms with E-state index in [0.717, 1.165) is 12.1 Å². The molecule has 3 aromatic heterocycles. The molecule has 0 unspecified atom stereocenters. The van der Waals surface area contributed by atoms with Crippen LogP contribution in [0.15, 0.2) is 64.9 Å². The maximum atomic E-state index is 13.4. The Bertz CT molecular complexity index is 1690.